The number of nitrogens with zero attached hydrogens (tertiary/aromatic N) is 1. The average Bonchev–Trinajstić information content (AvgIpc) is 2.52. The number of hydrogen-bond donors (Lipinski definition) is 3. The van der Waals surface area contributed by atoms with E-state index in [0.29, 0.717) is 11.5 Å². The van der Waals surface area contributed by atoms with Gasteiger partial charge >= 0.3 is 0 Å². The van der Waals surface area contributed by atoms with Gasteiger partial charge in [0.15, 0.2) is 9.84 Å². The van der Waals surface area contributed by atoms with Crippen molar-refractivity contribution in [2.45, 2.75) is 6.04 Å². The predicted molar refractivity (Wildman–Crippen MR) is 63.4 cm³/mol. The van der Waals surface area contributed by atoms with E-state index in [4.69, 9.17) is 11.5 Å². The van der Waals surface area contributed by atoms with Crippen molar-refractivity contribution in [2.24, 2.45) is 0 Å². The highest BCUT2D eigenvalue weighted by Crippen LogP contribution is 2.17. The highest BCUT2D eigenvalue weighted by Gasteiger charge is 2.21. The average molecular weight is 240 g/mol. The van der Waals surface area contributed by atoms with Gasteiger partial charge in [-0.1, -0.05) is 0 Å². The maximum atomic E-state index is 11.2. The molecule has 86 valence electrons. The van der Waals surface area contributed by atoms with Gasteiger partial charge in [0.25, 0.3) is 0 Å². The summed E-state index contributed by atoms with van der Waals surface area (Å²) in [6.45, 7) is 0. The second-order valence-corrected chi connectivity index (χ2v) is 5.51. The Kier molecular flexibility index (Phi) is 2.47. The largest absolute Gasteiger partial charge is 0.396 e. The van der Waals surface area contributed by atoms with Crippen LogP contribution in [0.3, 0.4) is 0 Å². The van der Waals surface area contributed by atoms with Gasteiger partial charge in [-0.15, -0.1) is 0 Å². The molecule has 1 aliphatic rings. The lowest BCUT2D eigenvalue weighted by Crippen LogP contribution is -2.21. The number of pyridine rings is 1. The van der Waals surface area contributed by atoms with Crippen LogP contribution in [0, 0.1) is 0 Å². The van der Waals surface area contributed by atoms with E-state index >= 15 is 0 Å². The fourth-order valence-corrected chi connectivity index (χ4v) is 2.66. The molecular formula is C9H12N4O2S. The minimum Gasteiger partial charge on any atom is -0.396 e. The van der Waals surface area contributed by atoms with Crippen LogP contribution >= 0.6 is 0 Å². The first-order chi connectivity index (χ1) is 7.46. The fourth-order valence-electron chi connectivity index (χ4n) is 1.42. The summed E-state index contributed by atoms with van der Waals surface area (Å²) in [7, 11) is -3.06. The first-order valence-electron chi connectivity index (χ1n) is 4.66. The topological polar surface area (TPSA) is 111 Å². The summed E-state index contributed by atoms with van der Waals surface area (Å²) in [6.07, 6.45) is 1.59. The zero-order valence-corrected chi connectivity index (χ0v) is 9.24. The molecule has 2 rings (SSSR count). The Bertz CT molecular complexity index is 538. The third kappa shape index (κ3) is 2.25. The van der Waals surface area contributed by atoms with Crippen LogP contribution in [0.5, 0.6) is 0 Å². The molecule has 5 N–H and O–H groups in total. The Morgan fingerprint density at radius 3 is 2.69 bits per heavy atom. The Morgan fingerprint density at radius 1 is 1.38 bits per heavy atom. The third-order valence-electron chi connectivity index (χ3n) is 2.22. The predicted octanol–water partition coefficient (Wildman–Crippen LogP) is -0.0314. The normalized spacial score (nSPS) is 22.1. The first-order valence-corrected chi connectivity index (χ1v) is 6.37. The number of aromatic nitrogens is 1. The van der Waals surface area contributed by atoms with Crippen molar-refractivity contribution in [3.05, 3.63) is 23.6 Å². The van der Waals surface area contributed by atoms with Gasteiger partial charge < -0.3 is 16.8 Å². The summed E-state index contributed by atoms with van der Waals surface area (Å²) in [6, 6.07) is 3.02. The summed E-state index contributed by atoms with van der Waals surface area (Å²) in [4.78, 5) is 4.00. The van der Waals surface area contributed by atoms with Crippen LogP contribution < -0.4 is 16.8 Å². The molecule has 2 heterocycles. The molecule has 1 unspecified atom stereocenters. The monoisotopic (exact) mass is 240 g/mol. The standard InChI is InChI=1S/C9H12N4O2S/c10-7-1-2-8(13-9(7)11)12-6-3-4-16(14,15)5-6/h1-4,6H,5,10H2,(H3,11,12,13). The molecule has 0 amide bonds. The molecule has 7 heteroatoms. The van der Waals surface area contributed by atoms with Crippen molar-refractivity contribution >= 4 is 27.2 Å². The Balaban J connectivity index is 2.11. The van der Waals surface area contributed by atoms with E-state index in [1.807, 2.05) is 0 Å². The number of anilines is 3. The molecule has 16 heavy (non-hydrogen) atoms. The molecule has 1 aromatic rings. The third-order valence-corrected chi connectivity index (χ3v) is 3.62. The molecule has 0 aliphatic carbocycles. The second kappa shape index (κ2) is 3.67. The molecule has 0 fully saturated rings. The van der Waals surface area contributed by atoms with Gasteiger partial charge in [0.05, 0.1) is 17.5 Å². The molecule has 0 spiro atoms. The number of nitrogens with two attached hydrogens (primary N) is 2. The van der Waals surface area contributed by atoms with Gasteiger partial charge in [0.1, 0.15) is 11.6 Å². The molecule has 1 aliphatic heterocycles. The van der Waals surface area contributed by atoms with Crippen LogP contribution in [-0.4, -0.2) is 25.2 Å². The number of nitrogen functional groups attached to an aromatic ring is 2. The number of hydrogen-bond acceptors (Lipinski definition) is 6. The van der Waals surface area contributed by atoms with Crippen molar-refractivity contribution in [2.75, 3.05) is 22.5 Å². The van der Waals surface area contributed by atoms with E-state index in [2.05, 4.69) is 10.3 Å². The van der Waals surface area contributed by atoms with Gasteiger partial charge in [-0.25, -0.2) is 13.4 Å². The van der Waals surface area contributed by atoms with Gasteiger partial charge in [0, 0.05) is 5.41 Å². The smallest absolute Gasteiger partial charge is 0.173 e. The van der Waals surface area contributed by atoms with E-state index in [1.165, 1.54) is 5.41 Å². The summed E-state index contributed by atoms with van der Waals surface area (Å²) < 4.78 is 22.3. The molecular weight excluding hydrogens is 228 g/mol. The van der Waals surface area contributed by atoms with Crippen molar-refractivity contribution in [1.82, 2.24) is 4.98 Å². The lowest BCUT2D eigenvalue weighted by atomic mass is 10.3. The van der Waals surface area contributed by atoms with E-state index in [1.54, 1.807) is 18.2 Å². The molecule has 1 atom stereocenters. The molecule has 6 nitrogen and oxygen atoms in total. The molecule has 0 saturated heterocycles. The van der Waals surface area contributed by atoms with Crippen LogP contribution in [0.4, 0.5) is 17.3 Å². The quantitative estimate of drug-likeness (QED) is 0.669. The minimum atomic E-state index is -3.06. The zero-order chi connectivity index (χ0) is 11.8. The van der Waals surface area contributed by atoms with E-state index in [-0.39, 0.29) is 17.6 Å². The van der Waals surface area contributed by atoms with Crippen LogP contribution in [0.25, 0.3) is 0 Å². The van der Waals surface area contributed by atoms with Crippen LogP contribution in [0.1, 0.15) is 0 Å². The van der Waals surface area contributed by atoms with Crippen LogP contribution in [0.2, 0.25) is 0 Å². The number of nitrogens with one attached hydrogen (secondary N) is 1. The highest BCUT2D eigenvalue weighted by atomic mass is 32.2. The molecule has 0 aromatic carbocycles. The Labute approximate surface area is 93.3 Å². The van der Waals surface area contributed by atoms with Gasteiger partial charge in [0.2, 0.25) is 0 Å². The molecule has 0 bridgehead atoms. The summed E-state index contributed by atoms with van der Waals surface area (Å²) in [5, 5.41) is 4.15. The second-order valence-electron chi connectivity index (χ2n) is 3.58. The highest BCUT2D eigenvalue weighted by molar-refractivity contribution is 7.94. The molecule has 1 aromatic heterocycles. The van der Waals surface area contributed by atoms with Gasteiger partial charge in [-0.05, 0) is 18.2 Å². The molecule has 0 saturated carbocycles. The van der Waals surface area contributed by atoms with E-state index in [9.17, 15) is 8.42 Å². The maximum absolute atomic E-state index is 11.2. The maximum Gasteiger partial charge on any atom is 0.173 e. The molecule has 0 radical (unpaired) electrons. The summed E-state index contributed by atoms with van der Waals surface area (Å²) in [5.74, 6) is 0.784. The lowest BCUT2D eigenvalue weighted by molar-refractivity contribution is 0.605. The SMILES string of the molecule is Nc1ccc(NC2C=CS(=O)(=O)C2)nc1N. The summed E-state index contributed by atoms with van der Waals surface area (Å²) >= 11 is 0. The fraction of sp³-hybridized carbons (Fsp3) is 0.222. The van der Waals surface area contributed by atoms with Crippen LogP contribution in [-0.2, 0) is 9.84 Å². The van der Waals surface area contributed by atoms with E-state index in [0.717, 1.165) is 0 Å². The summed E-state index contributed by atoms with van der Waals surface area (Å²) in [5.41, 5.74) is 11.5. The van der Waals surface area contributed by atoms with Gasteiger partial charge in [-0.3, -0.25) is 0 Å². The Morgan fingerprint density at radius 2 is 2.12 bits per heavy atom. The van der Waals surface area contributed by atoms with Crippen molar-refractivity contribution < 1.29 is 8.42 Å². The lowest BCUT2D eigenvalue weighted by Gasteiger charge is -2.11. The Hall–Kier alpha value is -1.76. The number of rotatable bonds is 2. The van der Waals surface area contributed by atoms with E-state index < -0.39 is 9.84 Å². The van der Waals surface area contributed by atoms with Crippen molar-refractivity contribution in [3.8, 4) is 0 Å². The van der Waals surface area contributed by atoms with Crippen LogP contribution in [0.15, 0.2) is 23.6 Å². The minimum absolute atomic E-state index is 0.0406. The first kappa shape index (κ1) is 10.7. The number of sulfone groups is 1. The van der Waals surface area contributed by atoms with Crippen molar-refractivity contribution in [1.29, 1.82) is 0 Å². The zero-order valence-electron chi connectivity index (χ0n) is 8.42. The van der Waals surface area contributed by atoms with Crippen molar-refractivity contribution in [3.63, 3.8) is 0 Å². The van der Waals surface area contributed by atoms with Gasteiger partial charge in [-0.2, -0.15) is 0 Å².